The van der Waals surface area contributed by atoms with E-state index in [0.717, 1.165) is 10.5 Å². The normalized spacial score (nSPS) is 12.0. The number of fused-ring (bicyclic) bond motifs is 1. The van der Waals surface area contributed by atoms with Gasteiger partial charge in [-0.2, -0.15) is 0 Å². The van der Waals surface area contributed by atoms with E-state index < -0.39 is 11.3 Å². The van der Waals surface area contributed by atoms with Crippen molar-refractivity contribution in [3.05, 3.63) is 30.1 Å². The molecule has 0 radical (unpaired) electrons. The minimum Gasteiger partial charge on any atom is -0.497 e. The molecule has 3 rings (SSSR count). The van der Waals surface area contributed by atoms with Crippen molar-refractivity contribution in [3.8, 4) is 18.1 Å². The summed E-state index contributed by atoms with van der Waals surface area (Å²) in [5.41, 5.74) is 7.85. The lowest BCUT2D eigenvalue weighted by molar-refractivity contribution is 0.413. The van der Waals surface area contributed by atoms with E-state index >= 15 is 0 Å². The molecule has 0 saturated carbocycles. The van der Waals surface area contributed by atoms with Gasteiger partial charge in [0.15, 0.2) is 22.1 Å². The molecule has 5 N–H and O–H groups in total. The van der Waals surface area contributed by atoms with Crippen LogP contribution in [-0.2, 0) is 17.8 Å². The van der Waals surface area contributed by atoms with E-state index in [2.05, 4.69) is 30.9 Å². The summed E-state index contributed by atoms with van der Waals surface area (Å²) in [6.45, 7) is 2.02. The molecule has 10 nitrogen and oxygen atoms in total. The standard InChI is InChI=1S/C18H21N7O3S2/c1-3-12-4-5-13(28-2)10-14(12)29-18-24-15-16(19)21-11-22-17(15)25(18)9-8-20-6-7-23-30(26)27/h1,4-5,10-11,20,23H,6-9H2,2H3,(H,26,27)(H2,19,21,22). The molecular formula is C18H21N7O3S2. The first-order chi connectivity index (χ1) is 14.5. The van der Waals surface area contributed by atoms with Crippen LogP contribution in [0.5, 0.6) is 5.75 Å². The minimum absolute atomic E-state index is 0.297. The maximum Gasteiger partial charge on any atom is 0.231 e. The second-order valence-corrected chi connectivity index (χ2v) is 7.78. The third kappa shape index (κ3) is 5.26. The molecule has 0 aliphatic heterocycles. The van der Waals surface area contributed by atoms with Gasteiger partial charge in [0.25, 0.3) is 0 Å². The van der Waals surface area contributed by atoms with Gasteiger partial charge in [-0.1, -0.05) is 17.7 Å². The number of methoxy groups -OCH3 is 1. The van der Waals surface area contributed by atoms with Gasteiger partial charge in [0.2, 0.25) is 11.3 Å². The first-order valence-corrected chi connectivity index (χ1v) is 10.8. The molecule has 1 atom stereocenters. The molecule has 12 heteroatoms. The number of benzene rings is 1. The molecular weight excluding hydrogens is 426 g/mol. The molecule has 0 spiro atoms. The van der Waals surface area contributed by atoms with E-state index in [9.17, 15) is 4.21 Å². The number of nitrogen functional groups attached to an aromatic ring is 1. The number of hydrogen-bond acceptors (Lipinski definition) is 8. The summed E-state index contributed by atoms with van der Waals surface area (Å²) in [5.74, 6) is 3.66. The molecule has 0 aliphatic carbocycles. The summed E-state index contributed by atoms with van der Waals surface area (Å²) in [4.78, 5) is 13.8. The molecule has 158 valence electrons. The van der Waals surface area contributed by atoms with Gasteiger partial charge in [-0.3, -0.25) is 4.55 Å². The van der Waals surface area contributed by atoms with Crippen molar-refractivity contribution in [1.29, 1.82) is 0 Å². The molecule has 0 amide bonds. The largest absolute Gasteiger partial charge is 0.497 e. The Hall–Kier alpha value is -2.69. The number of rotatable bonds is 10. The van der Waals surface area contributed by atoms with Crippen LogP contribution in [0, 0.1) is 12.3 Å². The maximum atomic E-state index is 10.6. The number of imidazole rings is 1. The quantitative estimate of drug-likeness (QED) is 0.202. The monoisotopic (exact) mass is 447 g/mol. The summed E-state index contributed by atoms with van der Waals surface area (Å²) in [7, 11) is 1.59. The summed E-state index contributed by atoms with van der Waals surface area (Å²) < 4.78 is 29.0. The summed E-state index contributed by atoms with van der Waals surface area (Å²) in [6, 6.07) is 5.49. The average Bonchev–Trinajstić information content (AvgIpc) is 3.08. The summed E-state index contributed by atoms with van der Waals surface area (Å²) in [6.07, 6.45) is 7.05. The smallest absolute Gasteiger partial charge is 0.231 e. The molecule has 2 heterocycles. The summed E-state index contributed by atoms with van der Waals surface area (Å²) in [5, 5.41) is 3.86. The van der Waals surface area contributed by atoms with Gasteiger partial charge in [-0.15, -0.1) is 6.42 Å². The van der Waals surface area contributed by atoms with Gasteiger partial charge in [0.05, 0.1) is 7.11 Å². The van der Waals surface area contributed by atoms with Gasteiger partial charge in [-0.05, 0) is 18.2 Å². The van der Waals surface area contributed by atoms with Crippen LogP contribution in [0.25, 0.3) is 11.2 Å². The Morgan fingerprint density at radius 1 is 1.37 bits per heavy atom. The molecule has 0 saturated heterocycles. The second-order valence-electron chi connectivity index (χ2n) is 5.98. The number of ether oxygens (including phenoxy) is 1. The molecule has 0 fully saturated rings. The Labute approximate surface area is 180 Å². The first-order valence-electron chi connectivity index (χ1n) is 8.87. The lowest BCUT2D eigenvalue weighted by Gasteiger charge is -2.11. The molecule has 1 unspecified atom stereocenters. The lowest BCUT2D eigenvalue weighted by atomic mass is 10.2. The van der Waals surface area contributed by atoms with Crippen LogP contribution in [0.3, 0.4) is 0 Å². The second kappa shape index (κ2) is 10.4. The van der Waals surface area contributed by atoms with Gasteiger partial charge in [-0.25, -0.2) is 23.9 Å². The van der Waals surface area contributed by atoms with Crippen LogP contribution in [0.2, 0.25) is 0 Å². The fourth-order valence-electron chi connectivity index (χ4n) is 2.69. The van der Waals surface area contributed by atoms with E-state index in [4.69, 9.17) is 21.4 Å². The van der Waals surface area contributed by atoms with Crippen LogP contribution in [-0.4, -0.2) is 55.0 Å². The highest BCUT2D eigenvalue weighted by Gasteiger charge is 2.17. The predicted octanol–water partition coefficient (Wildman–Crippen LogP) is 0.866. The number of nitrogens with one attached hydrogen (secondary N) is 2. The highest BCUT2D eigenvalue weighted by molar-refractivity contribution is 7.99. The first kappa shape index (κ1) is 22.0. The van der Waals surface area contributed by atoms with E-state index in [1.54, 1.807) is 7.11 Å². The fraction of sp³-hybridized carbons (Fsp3) is 0.278. The van der Waals surface area contributed by atoms with Crippen molar-refractivity contribution in [1.82, 2.24) is 29.6 Å². The van der Waals surface area contributed by atoms with Crippen molar-refractivity contribution in [2.45, 2.75) is 16.6 Å². The Bertz CT molecular complexity index is 1100. The van der Waals surface area contributed by atoms with E-state index in [1.165, 1.54) is 18.1 Å². The minimum atomic E-state index is -2.02. The van der Waals surface area contributed by atoms with Crippen molar-refractivity contribution in [2.24, 2.45) is 0 Å². The predicted molar refractivity (Wildman–Crippen MR) is 116 cm³/mol. The van der Waals surface area contributed by atoms with Crippen molar-refractivity contribution in [3.63, 3.8) is 0 Å². The van der Waals surface area contributed by atoms with E-state index in [-0.39, 0.29) is 0 Å². The van der Waals surface area contributed by atoms with Crippen LogP contribution >= 0.6 is 11.8 Å². The van der Waals surface area contributed by atoms with Crippen molar-refractivity contribution < 1.29 is 13.5 Å². The number of aromatic nitrogens is 4. The maximum absolute atomic E-state index is 10.6. The van der Waals surface area contributed by atoms with Gasteiger partial charge >= 0.3 is 0 Å². The van der Waals surface area contributed by atoms with Crippen molar-refractivity contribution >= 4 is 40.0 Å². The Morgan fingerprint density at radius 3 is 2.93 bits per heavy atom. The zero-order chi connectivity index (χ0) is 21.5. The van der Waals surface area contributed by atoms with Crippen LogP contribution in [0.4, 0.5) is 5.82 Å². The molecule has 3 aromatic rings. The van der Waals surface area contributed by atoms with Crippen LogP contribution in [0.1, 0.15) is 5.56 Å². The Morgan fingerprint density at radius 2 is 2.20 bits per heavy atom. The lowest BCUT2D eigenvalue weighted by Crippen LogP contribution is -2.30. The van der Waals surface area contributed by atoms with Crippen LogP contribution < -0.4 is 20.5 Å². The van der Waals surface area contributed by atoms with Crippen LogP contribution in [0.15, 0.2) is 34.6 Å². The topological polar surface area (TPSA) is 140 Å². The Balaban J connectivity index is 1.85. The number of anilines is 1. The zero-order valence-corrected chi connectivity index (χ0v) is 17.8. The highest BCUT2D eigenvalue weighted by Crippen LogP contribution is 2.34. The number of nitrogens with zero attached hydrogens (tertiary/aromatic N) is 4. The molecule has 0 aliphatic rings. The molecule has 30 heavy (non-hydrogen) atoms. The fourth-order valence-corrected chi connectivity index (χ4v) is 4.00. The number of terminal acetylenes is 1. The van der Waals surface area contributed by atoms with Gasteiger partial charge in [0.1, 0.15) is 12.1 Å². The average molecular weight is 448 g/mol. The van der Waals surface area contributed by atoms with Crippen molar-refractivity contribution in [2.75, 3.05) is 32.5 Å². The third-order valence-electron chi connectivity index (χ3n) is 4.11. The van der Waals surface area contributed by atoms with Gasteiger partial charge < -0.3 is 20.4 Å². The zero-order valence-electron chi connectivity index (χ0n) is 16.2. The third-order valence-corrected chi connectivity index (χ3v) is 5.61. The number of hydrogen-bond donors (Lipinski definition) is 4. The van der Waals surface area contributed by atoms with E-state index in [1.807, 2.05) is 22.8 Å². The van der Waals surface area contributed by atoms with E-state index in [0.29, 0.717) is 54.1 Å². The molecule has 0 bridgehead atoms. The number of nitrogens with two attached hydrogens (primary N) is 1. The highest BCUT2D eigenvalue weighted by atomic mass is 32.2. The van der Waals surface area contributed by atoms with Gasteiger partial charge in [0, 0.05) is 36.6 Å². The summed E-state index contributed by atoms with van der Waals surface area (Å²) >= 11 is -0.626. The molecule has 2 aromatic heterocycles. The SMILES string of the molecule is C#Cc1ccc(OC)cc1Sc1nc2c(N)ncnc2n1CCNCCNS(=O)O. The Kier molecular flexibility index (Phi) is 7.61. The molecule has 1 aromatic carbocycles.